The molecule has 0 aliphatic rings. The van der Waals surface area contributed by atoms with E-state index in [1.165, 1.54) is 0 Å². The maximum Gasteiger partial charge on any atom is 0.185 e. The minimum absolute atomic E-state index is 0.219. The van der Waals surface area contributed by atoms with Crippen LogP contribution in [0.15, 0.2) is 30.6 Å². The van der Waals surface area contributed by atoms with Gasteiger partial charge in [0.2, 0.25) is 0 Å². The van der Waals surface area contributed by atoms with E-state index in [9.17, 15) is 0 Å². The predicted octanol–water partition coefficient (Wildman–Crippen LogP) is 1.66. The summed E-state index contributed by atoms with van der Waals surface area (Å²) in [5, 5.41) is 0. The lowest BCUT2D eigenvalue weighted by Gasteiger charge is -2.12. The van der Waals surface area contributed by atoms with Crippen LogP contribution in [0.5, 0.6) is 17.2 Å². The Morgan fingerprint density at radius 2 is 1.89 bits per heavy atom. The van der Waals surface area contributed by atoms with Crippen molar-refractivity contribution in [1.29, 1.82) is 0 Å². The van der Waals surface area contributed by atoms with Crippen molar-refractivity contribution in [3.63, 3.8) is 0 Å². The largest absolute Gasteiger partial charge is 0.493 e. The molecule has 0 saturated carbocycles. The van der Waals surface area contributed by atoms with Crippen molar-refractivity contribution in [2.75, 3.05) is 20.0 Å². The van der Waals surface area contributed by atoms with Gasteiger partial charge in [0.15, 0.2) is 23.1 Å². The zero-order chi connectivity index (χ0) is 13.7. The zero-order valence-electron chi connectivity index (χ0n) is 10.8. The van der Waals surface area contributed by atoms with E-state index in [0.717, 1.165) is 0 Å². The number of hydrogen-bond acceptors (Lipinski definition) is 6. The van der Waals surface area contributed by atoms with E-state index in [1.807, 2.05) is 0 Å². The fraction of sp³-hybridized carbons (Fsp3) is 0.231. The van der Waals surface area contributed by atoms with E-state index in [0.29, 0.717) is 28.8 Å². The highest BCUT2D eigenvalue weighted by atomic mass is 16.5. The molecule has 0 bridgehead atoms. The molecule has 19 heavy (non-hydrogen) atoms. The molecule has 0 saturated heterocycles. The Balaban J connectivity index is 2.18. The number of nitrogens with two attached hydrogens (primary N) is 1. The summed E-state index contributed by atoms with van der Waals surface area (Å²) in [6, 6.07) is 5.22. The molecule has 0 aromatic carbocycles. The summed E-state index contributed by atoms with van der Waals surface area (Å²) in [4.78, 5) is 8.16. The van der Waals surface area contributed by atoms with Crippen LogP contribution in [0.25, 0.3) is 0 Å². The second-order valence-corrected chi connectivity index (χ2v) is 3.67. The zero-order valence-corrected chi connectivity index (χ0v) is 10.8. The molecule has 2 heterocycles. The van der Waals surface area contributed by atoms with Crippen molar-refractivity contribution in [3.05, 3.63) is 36.3 Å². The Labute approximate surface area is 111 Å². The summed E-state index contributed by atoms with van der Waals surface area (Å²) in [5.41, 5.74) is 6.33. The van der Waals surface area contributed by atoms with Gasteiger partial charge in [-0.1, -0.05) is 0 Å². The molecule has 2 aromatic rings. The number of anilines is 1. The molecule has 0 amide bonds. The average Bonchev–Trinajstić information content (AvgIpc) is 2.45. The van der Waals surface area contributed by atoms with Crippen LogP contribution in [0.1, 0.15) is 5.69 Å². The Morgan fingerprint density at radius 3 is 2.58 bits per heavy atom. The van der Waals surface area contributed by atoms with Gasteiger partial charge >= 0.3 is 0 Å². The van der Waals surface area contributed by atoms with Gasteiger partial charge in [-0.2, -0.15) is 0 Å². The molecule has 6 heteroatoms. The number of aromatic nitrogens is 2. The molecule has 2 rings (SSSR count). The Hall–Kier alpha value is -2.50. The fourth-order valence-electron chi connectivity index (χ4n) is 1.62. The molecule has 0 spiro atoms. The molecule has 2 N–H and O–H groups in total. The monoisotopic (exact) mass is 261 g/mol. The Kier molecular flexibility index (Phi) is 4.02. The van der Waals surface area contributed by atoms with Gasteiger partial charge in [0.1, 0.15) is 12.3 Å². The number of nitrogens with zero attached hydrogens (tertiary/aromatic N) is 2. The van der Waals surface area contributed by atoms with Crippen LogP contribution in [0.3, 0.4) is 0 Å². The molecular weight excluding hydrogens is 246 g/mol. The molecule has 0 aliphatic carbocycles. The van der Waals surface area contributed by atoms with Crippen LogP contribution >= 0.6 is 0 Å². The Morgan fingerprint density at radius 1 is 1.05 bits per heavy atom. The van der Waals surface area contributed by atoms with Crippen LogP contribution in [-0.4, -0.2) is 24.2 Å². The summed E-state index contributed by atoms with van der Waals surface area (Å²) < 4.78 is 16.0. The first-order valence-electron chi connectivity index (χ1n) is 5.65. The van der Waals surface area contributed by atoms with Gasteiger partial charge < -0.3 is 19.9 Å². The molecule has 100 valence electrons. The van der Waals surface area contributed by atoms with E-state index in [4.69, 9.17) is 19.9 Å². The smallest absolute Gasteiger partial charge is 0.185 e. The van der Waals surface area contributed by atoms with E-state index in [2.05, 4.69) is 9.97 Å². The summed E-state index contributed by atoms with van der Waals surface area (Å²) in [5.74, 6) is 2.00. The number of hydrogen-bond donors (Lipinski definition) is 1. The lowest BCUT2D eigenvalue weighted by Crippen LogP contribution is -2.04. The third-order valence-electron chi connectivity index (χ3n) is 2.53. The van der Waals surface area contributed by atoms with Crippen molar-refractivity contribution < 1.29 is 14.2 Å². The Bertz CT molecular complexity index is 561. The highest BCUT2D eigenvalue weighted by Crippen LogP contribution is 2.30. The van der Waals surface area contributed by atoms with Crippen molar-refractivity contribution in [3.8, 4) is 17.2 Å². The third kappa shape index (κ3) is 2.85. The molecule has 0 unspecified atom stereocenters. The number of pyridine rings is 2. The van der Waals surface area contributed by atoms with E-state index in [-0.39, 0.29) is 6.61 Å². The van der Waals surface area contributed by atoms with Gasteiger partial charge in [0, 0.05) is 18.5 Å². The summed E-state index contributed by atoms with van der Waals surface area (Å²) in [6.07, 6.45) is 3.24. The van der Waals surface area contributed by atoms with E-state index >= 15 is 0 Å². The minimum Gasteiger partial charge on any atom is -0.493 e. The average molecular weight is 261 g/mol. The quantitative estimate of drug-likeness (QED) is 0.881. The van der Waals surface area contributed by atoms with E-state index in [1.54, 1.807) is 44.8 Å². The minimum atomic E-state index is 0.219. The fourth-order valence-corrected chi connectivity index (χ4v) is 1.62. The van der Waals surface area contributed by atoms with Crippen molar-refractivity contribution in [2.45, 2.75) is 6.61 Å². The topological polar surface area (TPSA) is 79.5 Å². The first-order chi connectivity index (χ1) is 9.26. The summed E-state index contributed by atoms with van der Waals surface area (Å²) in [7, 11) is 3.13. The lowest BCUT2D eigenvalue weighted by molar-refractivity contribution is 0.285. The van der Waals surface area contributed by atoms with Crippen molar-refractivity contribution in [1.82, 2.24) is 9.97 Å². The van der Waals surface area contributed by atoms with Crippen molar-refractivity contribution in [2.24, 2.45) is 0 Å². The molecular formula is C13H15N3O3. The van der Waals surface area contributed by atoms with Gasteiger partial charge in [-0.15, -0.1) is 0 Å². The van der Waals surface area contributed by atoms with Gasteiger partial charge in [0.05, 0.1) is 14.2 Å². The maximum atomic E-state index is 5.70. The van der Waals surface area contributed by atoms with Gasteiger partial charge in [-0.25, -0.2) is 4.98 Å². The molecule has 0 aliphatic heterocycles. The SMILES string of the molecule is COc1ccnc(COc2cccnc2N)c1OC. The predicted molar refractivity (Wildman–Crippen MR) is 70.3 cm³/mol. The number of nitrogen functional groups attached to an aromatic ring is 1. The molecule has 6 nitrogen and oxygen atoms in total. The highest BCUT2D eigenvalue weighted by molar-refractivity contribution is 5.46. The van der Waals surface area contributed by atoms with Crippen molar-refractivity contribution >= 4 is 5.82 Å². The summed E-state index contributed by atoms with van der Waals surface area (Å²) in [6.45, 7) is 0.219. The van der Waals surface area contributed by atoms with Gasteiger partial charge in [0.25, 0.3) is 0 Å². The maximum absolute atomic E-state index is 5.70. The first-order valence-corrected chi connectivity index (χ1v) is 5.65. The van der Waals surface area contributed by atoms with Crippen LogP contribution in [0.2, 0.25) is 0 Å². The van der Waals surface area contributed by atoms with Crippen LogP contribution in [0.4, 0.5) is 5.82 Å². The van der Waals surface area contributed by atoms with Gasteiger partial charge in [-0.3, -0.25) is 4.98 Å². The second kappa shape index (κ2) is 5.90. The first kappa shape index (κ1) is 12.9. The second-order valence-electron chi connectivity index (χ2n) is 3.67. The standard InChI is InChI=1S/C13H15N3O3/c1-17-10-5-7-15-9(12(10)18-2)8-19-11-4-3-6-16-13(11)14/h3-7H,8H2,1-2H3,(H2,14,16). The van der Waals surface area contributed by atoms with Crippen LogP contribution < -0.4 is 19.9 Å². The van der Waals surface area contributed by atoms with E-state index < -0.39 is 0 Å². The summed E-state index contributed by atoms with van der Waals surface area (Å²) >= 11 is 0. The molecule has 0 atom stereocenters. The number of ether oxygens (including phenoxy) is 3. The number of methoxy groups -OCH3 is 2. The van der Waals surface area contributed by atoms with Crippen LogP contribution in [-0.2, 0) is 6.61 Å². The molecule has 0 radical (unpaired) electrons. The van der Waals surface area contributed by atoms with Crippen LogP contribution in [0, 0.1) is 0 Å². The molecule has 0 fully saturated rings. The molecule has 2 aromatic heterocycles. The normalized spacial score (nSPS) is 10.0. The van der Waals surface area contributed by atoms with Gasteiger partial charge in [-0.05, 0) is 12.1 Å². The third-order valence-corrected chi connectivity index (χ3v) is 2.53. The number of rotatable bonds is 5. The highest BCUT2D eigenvalue weighted by Gasteiger charge is 2.12. The lowest BCUT2D eigenvalue weighted by atomic mass is 10.3.